The molecule has 1 aliphatic heterocycles. The second-order valence-electron chi connectivity index (χ2n) is 10.1. The molecule has 1 amide bonds. The molecule has 4 aromatic heterocycles. The summed E-state index contributed by atoms with van der Waals surface area (Å²) < 4.78 is 39.8. The van der Waals surface area contributed by atoms with Crippen LogP contribution in [-0.2, 0) is 18.4 Å². The summed E-state index contributed by atoms with van der Waals surface area (Å²) in [6.07, 6.45) is 2.96. The molecule has 0 saturated carbocycles. The van der Waals surface area contributed by atoms with Crippen molar-refractivity contribution >= 4 is 27.3 Å². The lowest BCUT2D eigenvalue weighted by Gasteiger charge is -2.33. The highest BCUT2D eigenvalue weighted by Gasteiger charge is 2.31. The summed E-state index contributed by atoms with van der Waals surface area (Å²) in [6.45, 7) is 5.83. The third-order valence-corrected chi connectivity index (χ3v) is 8.48. The van der Waals surface area contributed by atoms with Gasteiger partial charge in [0.1, 0.15) is 35.4 Å². The molecule has 9 nitrogen and oxygen atoms in total. The fraction of sp³-hybridized carbons (Fsp3) is 0.226. The fourth-order valence-electron chi connectivity index (χ4n) is 5.49. The van der Waals surface area contributed by atoms with Gasteiger partial charge < -0.3 is 19.3 Å². The van der Waals surface area contributed by atoms with E-state index in [-0.39, 0.29) is 42.0 Å². The SMILES string of the molecule is C=CC(=O)N1CCn2nc(-c3nc(-c4ccc(=O)n(C)c4)c4ccsc4c3-c3c(F)cc(F)cc3OCCO)cc2C1C. The summed E-state index contributed by atoms with van der Waals surface area (Å²) in [5.74, 6) is -1.97. The van der Waals surface area contributed by atoms with Crippen LogP contribution >= 0.6 is 11.3 Å². The second-order valence-corrected chi connectivity index (χ2v) is 11.1. The molecule has 1 atom stereocenters. The van der Waals surface area contributed by atoms with Crippen molar-refractivity contribution in [2.45, 2.75) is 19.5 Å². The van der Waals surface area contributed by atoms with E-state index in [0.717, 1.165) is 17.8 Å². The van der Waals surface area contributed by atoms with E-state index < -0.39 is 11.6 Å². The van der Waals surface area contributed by atoms with E-state index >= 15 is 4.39 Å². The number of pyridine rings is 2. The molecule has 1 aliphatic rings. The summed E-state index contributed by atoms with van der Waals surface area (Å²) in [7, 11) is 1.64. The number of aliphatic hydroxyl groups excluding tert-OH is 1. The minimum atomic E-state index is -0.861. The first-order chi connectivity index (χ1) is 20.7. The Morgan fingerprint density at radius 2 is 2.00 bits per heavy atom. The molecule has 43 heavy (non-hydrogen) atoms. The van der Waals surface area contributed by atoms with Gasteiger partial charge in [-0.2, -0.15) is 5.10 Å². The van der Waals surface area contributed by atoms with Gasteiger partial charge in [-0.05, 0) is 36.6 Å². The van der Waals surface area contributed by atoms with E-state index in [1.807, 2.05) is 24.4 Å². The van der Waals surface area contributed by atoms with Crippen molar-refractivity contribution in [1.82, 2.24) is 24.2 Å². The molecule has 0 fully saturated rings. The number of hydrogen-bond donors (Lipinski definition) is 1. The largest absolute Gasteiger partial charge is 0.490 e. The Morgan fingerprint density at radius 1 is 1.19 bits per heavy atom. The van der Waals surface area contributed by atoms with Crippen molar-refractivity contribution in [3.05, 3.63) is 88.3 Å². The molecule has 5 heterocycles. The van der Waals surface area contributed by atoms with Crippen LogP contribution in [0.5, 0.6) is 5.75 Å². The Balaban J connectivity index is 1.66. The number of thiophene rings is 1. The van der Waals surface area contributed by atoms with Crippen molar-refractivity contribution in [1.29, 1.82) is 0 Å². The van der Waals surface area contributed by atoms with Gasteiger partial charge in [0, 0.05) is 59.2 Å². The topological polar surface area (TPSA) is 102 Å². The standard InChI is InChI=1S/C31H27F2N5O4S/c1-4-25(40)37-8-9-38-23(17(37)2)15-22(35-38)30-28(27-21(33)13-19(32)14-24(27)42-11-10-39)31-20(7-12-43-31)29(34-30)18-5-6-26(41)36(3)16-18/h4-7,12-17,39H,1,8-11H2,2-3H3. The maximum absolute atomic E-state index is 15.8. The Labute approximate surface area is 248 Å². The minimum absolute atomic E-state index is 0.0145. The Morgan fingerprint density at radius 3 is 2.74 bits per heavy atom. The van der Waals surface area contributed by atoms with Crippen LogP contribution in [0.1, 0.15) is 18.7 Å². The van der Waals surface area contributed by atoms with E-state index in [1.165, 1.54) is 28.0 Å². The van der Waals surface area contributed by atoms with Crippen molar-refractivity contribution in [2.75, 3.05) is 19.8 Å². The number of hydrogen-bond acceptors (Lipinski definition) is 7. The molecule has 12 heteroatoms. The van der Waals surface area contributed by atoms with Crippen LogP contribution in [0.15, 0.2) is 65.4 Å². The smallest absolute Gasteiger partial charge is 0.250 e. The van der Waals surface area contributed by atoms with Crippen LogP contribution in [0.3, 0.4) is 0 Å². The molecule has 6 rings (SSSR count). The molecule has 0 spiro atoms. The third-order valence-electron chi connectivity index (χ3n) is 7.54. The van der Waals surface area contributed by atoms with Crippen molar-refractivity contribution in [3.63, 3.8) is 0 Å². The van der Waals surface area contributed by atoms with Crippen LogP contribution in [0.2, 0.25) is 0 Å². The molecule has 0 radical (unpaired) electrons. The number of carbonyl (C=O) groups excluding carboxylic acids is 1. The monoisotopic (exact) mass is 603 g/mol. The van der Waals surface area contributed by atoms with Gasteiger partial charge in [0.2, 0.25) is 11.5 Å². The molecule has 1 unspecified atom stereocenters. The minimum Gasteiger partial charge on any atom is -0.490 e. The lowest BCUT2D eigenvalue weighted by Crippen LogP contribution is -2.40. The molecule has 1 N–H and O–H groups in total. The number of carbonyl (C=O) groups is 1. The number of aliphatic hydroxyl groups is 1. The van der Waals surface area contributed by atoms with E-state index in [2.05, 4.69) is 6.58 Å². The summed E-state index contributed by atoms with van der Waals surface area (Å²) in [6, 6.07) is 8.35. The van der Waals surface area contributed by atoms with E-state index in [0.29, 0.717) is 51.4 Å². The first-order valence-electron chi connectivity index (χ1n) is 13.5. The Hall–Kier alpha value is -4.68. The number of rotatable bonds is 7. The van der Waals surface area contributed by atoms with Crippen molar-refractivity contribution in [2.24, 2.45) is 7.05 Å². The number of ether oxygens (including phenoxy) is 1. The number of aromatic nitrogens is 4. The van der Waals surface area contributed by atoms with Crippen LogP contribution < -0.4 is 10.3 Å². The molecular weight excluding hydrogens is 576 g/mol. The van der Waals surface area contributed by atoms with Gasteiger partial charge in [-0.3, -0.25) is 14.3 Å². The average molecular weight is 604 g/mol. The molecule has 220 valence electrons. The third kappa shape index (κ3) is 4.92. The maximum Gasteiger partial charge on any atom is 0.250 e. The Kier molecular flexibility index (Phi) is 7.40. The predicted molar refractivity (Wildman–Crippen MR) is 160 cm³/mol. The van der Waals surface area contributed by atoms with Gasteiger partial charge in [0.25, 0.3) is 0 Å². The zero-order valence-electron chi connectivity index (χ0n) is 23.4. The van der Waals surface area contributed by atoms with Gasteiger partial charge in [-0.1, -0.05) is 6.58 Å². The van der Waals surface area contributed by atoms with E-state index in [1.54, 1.807) is 28.9 Å². The molecule has 5 aromatic rings. The average Bonchev–Trinajstić information content (AvgIpc) is 3.65. The molecule has 0 bridgehead atoms. The van der Waals surface area contributed by atoms with Crippen molar-refractivity contribution < 1.29 is 23.4 Å². The highest BCUT2D eigenvalue weighted by molar-refractivity contribution is 7.18. The second kappa shape index (κ2) is 11.2. The molecular formula is C31H27F2N5O4S. The number of nitrogens with zero attached hydrogens (tertiary/aromatic N) is 5. The summed E-state index contributed by atoms with van der Waals surface area (Å²) >= 11 is 1.35. The summed E-state index contributed by atoms with van der Waals surface area (Å²) in [5, 5.41) is 16.8. The molecule has 0 saturated heterocycles. The summed E-state index contributed by atoms with van der Waals surface area (Å²) in [4.78, 5) is 31.4. The van der Waals surface area contributed by atoms with Gasteiger partial charge in [0.05, 0.1) is 36.1 Å². The lowest BCUT2D eigenvalue weighted by molar-refractivity contribution is -0.129. The number of halogens is 2. The fourth-order valence-corrected chi connectivity index (χ4v) is 6.44. The zero-order chi connectivity index (χ0) is 30.4. The maximum atomic E-state index is 15.8. The number of benzene rings is 1. The van der Waals surface area contributed by atoms with Crippen LogP contribution in [0.4, 0.5) is 8.78 Å². The van der Waals surface area contributed by atoms with Gasteiger partial charge in [-0.25, -0.2) is 13.8 Å². The quantitative estimate of drug-likeness (QED) is 0.265. The highest BCUT2D eigenvalue weighted by Crippen LogP contribution is 2.47. The highest BCUT2D eigenvalue weighted by atomic mass is 32.1. The van der Waals surface area contributed by atoms with Gasteiger partial charge in [0.15, 0.2) is 0 Å². The number of aryl methyl sites for hydroxylation is 1. The number of amides is 1. The normalized spacial score (nSPS) is 14.6. The van der Waals surface area contributed by atoms with Crippen LogP contribution in [-0.4, -0.2) is 55.0 Å². The van der Waals surface area contributed by atoms with Gasteiger partial charge in [-0.15, -0.1) is 11.3 Å². The van der Waals surface area contributed by atoms with Crippen LogP contribution in [0, 0.1) is 11.6 Å². The molecule has 1 aromatic carbocycles. The molecule has 0 aliphatic carbocycles. The van der Waals surface area contributed by atoms with Gasteiger partial charge >= 0.3 is 0 Å². The van der Waals surface area contributed by atoms with Crippen molar-refractivity contribution in [3.8, 4) is 39.5 Å². The predicted octanol–water partition coefficient (Wildman–Crippen LogP) is 4.93. The number of fused-ring (bicyclic) bond motifs is 2. The van der Waals surface area contributed by atoms with Crippen LogP contribution in [0.25, 0.3) is 43.9 Å². The summed E-state index contributed by atoms with van der Waals surface area (Å²) in [5.41, 5.74) is 2.86. The first-order valence-corrected chi connectivity index (χ1v) is 14.4. The lowest BCUT2D eigenvalue weighted by atomic mass is 9.96. The first kappa shape index (κ1) is 28.4. The van der Waals surface area contributed by atoms with E-state index in [9.17, 15) is 19.1 Å². The van der Waals surface area contributed by atoms with E-state index in [4.69, 9.17) is 14.8 Å². The Bertz CT molecular complexity index is 1960. The zero-order valence-corrected chi connectivity index (χ0v) is 24.2.